The second-order valence-electron chi connectivity index (χ2n) is 9.36. The summed E-state index contributed by atoms with van der Waals surface area (Å²) in [7, 11) is -2.48. The Bertz CT molecular complexity index is 1460. The van der Waals surface area contributed by atoms with Crippen LogP contribution >= 0.6 is 0 Å². The van der Waals surface area contributed by atoms with E-state index in [1.807, 2.05) is 0 Å². The molecule has 3 N–H and O–H groups in total. The molecule has 11 heteroatoms. The first-order chi connectivity index (χ1) is 18.6. The van der Waals surface area contributed by atoms with Gasteiger partial charge in [-0.2, -0.15) is 0 Å². The number of piperidine rings is 1. The number of carbonyl (C=O) groups is 2. The maximum absolute atomic E-state index is 13.6. The standard InChI is InChI=1S/C28H34N4O6S/c1-5-38-28(34)25-18(2)26(29-19(25)3)27(33)30-21-11-14-23(32-15-7-6-8-16-32)24(17-21)39(35,36)31-20-9-12-22(37-4)13-10-20/h9-14,17,29,31H,5-8,15-16H2,1-4H3,(H,30,33). The number of ether oxygens (including phenoxy) is 2. The van der Waals surface area contributed by atoms with E-state index in [1.54, 1.807) is 57.2 Å². The average Bonchev–Trinajstić information content (AvgIpc) is 3.23. The lowest BCUT2D eigenvalue weighted by Gasteiger charge is -2.30. The number of carbonyl (C=O) groups excluding carboxylic acids is 2. The van der Waals surface area contributed by atoms with Crippen molar-refractivity contribution in [3.05, 3.63) is 65.0 Å². The summed E-state index contributed by atoms with van der Waals surface area (Å²) in [6.07, 6.45) is 3.04. The van der Waals surface area contributed by atoms with Crippen LogP contribution < -0.4 is 19.7 Å². The first kappa shape index (κ1) is 28.0. The van der Waals surface area contributed by atoms with E-state index in [0.717, 1.165) is 32.4 Å². The largest absolute Gasteiger partial charge is 0.497 e. The molecule has 2 heterocycles. The highest BCUT2D eigenvalue weighted by molar-refractivity contribution is 7.92. The fourth-order valence-electron chi connectivity index (χ4n) is 4.75. The minimum atomic E-state index is -4.02. The molecule has 39 heavy (non-hydrogen) atoms. The Morgan fingerprint density at radius 2 is 1.67 bits per heavy atom. The predicted molar refractivity (Wildman–Crippen MR) is 150 cm³/mol. The van der Waals surface area contributed by atoms with E-state index in [1.165, 1.54) is 13.2 Å². The van der Waals surface area contributed by atoms with Gasteiger partial charge in [0.05, 0.1) is 25.0 Å². The number of nitrogens with one attached hydrogen (secondary N) is 3. The zero-order valence-corrected chi connectivity index (χ0v) is 23.4. The molecule has 2 aromatic carbocycles. The van der Waals surface area contributed by atoms with Crippen LogP contribution in [0.15, 0.2) is 47.4 Å². The fourth-order valence-corrected chi connectivity index (χ4v) is 6.06. The summed E-state index contributed by atoms with van der Waals surface area (Å²) < 4.78 is 40.2. The van der Waals surface area contributed by atoms with E-state index >= 15 is 0 Å². The number of nitrogens with zero attached hydrogens (tertiary/aromatic N) is 1. The molecule has 1 aliphatic rings. The Morgan fingerprint density at radius 1 is 1.00 bits per heavy atom. The van der Waals surface area contributed by atoms with Gasteiger partial charge in [-0.3, -0.25) is 9.52 Å². The van der Waals surface area contributed by atoms with Crippen molar-refractivity contribution in [1.82, 2.24) is 4.98 Å². The van der Waals surface area contributed by atoms with Crippen molar-refractivity contribution in [2.75, 3.05) is 41.7 Å². The number of aryl methyl sites for hydroxylation is 1. The summed E-state index contributed by atoms with van der Waals surface area (Å²) >= 11 is 0. The van der Waals surface area contributed by atoms with Gasteiger partial charge < -0.3 is 24.7 Å². The highest BCUT2D eigenvalue weighted by Crippen LogP contribution is 2.32. The van der Waals surface area contributed by atoms with Crippen molar-refractivity contribution in [3.8, 4) is 5.75 Å². The van der Waals surface area contributed by atoms with Gasteiger partial charge in [0.15, 0.2) is 0 Å². The quantitative estimate of drug-likeness (QED) is 0.322. The topological polar surface area (TPSA) is 130 Å². The van der Waals surface area contributed by atoms with Gasteiger partial charge >= 0.3 is 5.97 Å². The predicted octanol–water partition coefficient (Wildman–Crippen LogP) is 4.86. The molecule has 3 aromatic rings. The van der Waals surface area contributed by atoms with Gasteiger partial charge in [0, 0.05) is 30.2 Å². The Hall–Kier alpha value is -3.99. The molecule has 0 saturated carbocycles. The lowest BCUT2D eigenvalue weighted by Crippen LogP contribution is -2.31. The number of aromatic nitrogens is 1. The van der Waals surface area contributed by atoms with E-state index in [-0.39, 0.29) is 17.2 Å². The smallest absolute Gasteiger partial charge is 0.340 e. The van der Waals surface area contributed by atoms with Gasteiger partial charge in [-0.15, -0.1) is 0 Å². The number of H-pyrrole nitrogens is 1. The Morgan fingerprint density at radius 3 is 2.31 bits per heavy atom. The first-order valence-corrected chi connectivity index (χ1v) is 14.4. The first-order valence-electron chi connectivity index (χ1n) is 12.9. The van der Waals surface area contributed by atoms with Crippen LogP contribution in [-0.2, 0) is 14.8 Å². The lowest BCUT2D eigenvalue weighted by atomic mass is 10.1. The third-order valence-corrected chi connectivity index (χ3v) is 8.10. The monoisotopic (exact) mass is 554 g/mol. The number of hydrogen-bond acceptors (Lipinski definition) is 7. The van der Waals surface area contributed by atoms with Gasteiger partial charge in [0.1, 0.15) is 16.3 Å². The molecule has 208 valence electrons. The number of sulfonamides is 1. The fraction of sp³-hybridized carbons (Fsp3) is 0.357. The van der Waals surface area contributed by atoms with Crippen molar-refractivity contribution in [1.29, 1.82) is 0 Å². The summed E-state index contributed by atoms with van der Waals surface area (Å²) in [5.74, 6) is -0.396. The van der Waals surface area contributed by atoms with Crippen LogP contribution in [0.5, 0.6) is 5.75 Å². The molecule has 0 spiro atoms. The number of amides is 1. The molecular formula is C28H34N4O6S. The van der Waals surface area contributed by atoms with Gasteiger partial charge in [-0.25, -0.2) is 13.2 Å². The number of methoxy groups -OCH3 is 1. The van der Waals surface area contributed by atoms with E-state index in [2.05, 4.69) is 19.9 Å². The van der Waals surface area contributed by atoms with Crippen molar-refractivity contribution in [2.45, 2.75) is 44.9 Å². The third-order valence-electron chi connectivity index (χ3n) is 6.69. The Labute approximate surface area is 228 Å². The van der Waals surface area contributed by atoms with Crippen LogP contribution in [0.4, 0.5) is 17.1 Å². The minimum absolute atomic E-state index is 0.0598. The van der Waals surface area contributed by atoms with Crippen LogP contribution in [0, 0.1) is 13.8 Å². The van der Waals surface area contributed by atoms with E-state index in [0.29, 0.717) is 39.6 Å². The molecule has 4 rings (SSSR count). The van der Waals surface area contributed by atoms with Crippen molar-refractivity contribution in [3.63, 3.8) is 0 Å². The molecule has 0 bridgehead atoms. The SMILES string of the molecule is CCOC(=O)c1c(C)[nH]c(C(=O)Nc2ccc(N3CCCCC3)c(S(=O)(=O)Nc3ccc(OC)cc3)c2)c1C. The zero-order chi connectivity index (χ0) is 28.2. The second kappa shape index (κ2) is 11.8. The molecule has 1 aromatic heterocycles. The molecule has 10 nitrogen and oxygen atoms in total. The van der Waals surface area contributed by atoms with Gasteiger partial charge in [0.25, 0.3) is 15.9 Å². The molecule has 1 saturated heterocycles. The normalized spacial score (nSPS) is 13.6. The zero-order valence-electron chi connectivity index (χ0n) is 22.6. The van der Waals surface area contributed by atoms with Crippen LogP contribution in [0.1, 0.15) is 58.3 Å². The molecule has 0 unspecified atom stereocenters. The van der Waals surface area contributed by atoms with E-state index in [4.69, 9.17) is 9.47 Å². The molecule has 0 radical (unpaired) electrons. The Kier molecular flexibility index (Phi) is 8.49. The summed E-state index contributed by atoms with van der Waals surface area (Å²) in [5, 5.41) is 2.78. The number of anilines is 3. The van der Waals surface area contributed by atoms with Crippen LogP contribution in [-0.4, -0.2) is 52.1 Å². The molecule has 1 aliphatic heterocycles. The summed E-state index contributed by atoms with van der Waals surface area (Å²) in [6, 6.07) is 11.5. The number of esters is 1. The number of rotatable bonds is 9. The number of benzene rings is 2. The molecule has 0 atom stereocenters. The maximum atomic E-state index is 13.6. The van der Waals surface area contributed by atoms with Crippen molar-refractivity contribution >= 4 is 39.0 Å². The molecule has 1 amide bonds. The van der Waals surface area contributed by atoms with E-state index in [9.17, 15) is 18.0 Å². The van der Waals surface area contributed by atoms with Crippen molar-refractivity contribution < 1.29 is 27.5 Å². The molecular weight excluding hydrogens is 520 g/mol. The summed E-state index contributed by atoms with van der Waals surface area (Å²) in [4.78, 5) is 30.6. The minimum Gasteiger partial charge on any atom is -0.497 e. The van der Waals surface area contributed by atoms with Gasteiger partial charge in [-0.05, 0) is 88.1 Å². The lowest BCUT2D eigenvalue weighted by molar-refractivity contribution is 0.0525. The third kappa shape index (κ3) is 6.19. The van der Waals surface area contributed by atoms with Crippen LogP contribution in [0.25, 0.3) is 0 Å². The van der Waals surface area contributed by atoms with Gasteiger partial charge in [0.2, 0.25) is 0 Å². The van der Waals surface area contributed by atoms with E-state index < -0.39 is 21.9 Å². The van der Waals surface area contributed by atoms with Gasteiger partial charge in [-0.1, -0.05) is 0 Å². The van der Waals surface area contributed by atoms with Crippen LogP contribution in [0.3, 0.4) is 0 Å². The highest BCUT2D eigenvalue weighted by Gasteiger charge is 2.26. The summed E-state index contributed by atoms with van der Waals surface area (Å²) in [6.45, 7) is 6.78. The highest BCUT2D eigenvalue weighted by atomic mass is 32.2. The molecule has 0 aliphatic carbocycles. The number of hydrogen-bond donors (Lipinski definition) is 3. The van der Waals surface area contributed by atoms with Crippen LogP contribution in [0.2, 0.25) is 0 Å². The number of aromatic amines is 1. The molecule has 1 fully saturated rings. The maximum Gasteiger partial charge on any atom is 0.340 e. The summed E-state index contributed by atoms with van der Waals surface area (Å²) in [5.41, 5.74) is 2.76. The Balaban J connectivity index is 1.67. The second-order valence-corrected chi connectivity index (χ2v) is 11.0. The average molecular weight is 555 g/mol. The van der Waals surface area contributed by atoms with Crippen molar-refractivity contribution in [2.24, 2.45) is 0 Å².